The highest BCUT2D eigenvalue weighted by atomic mass is 35.5. The molecule has 0 radical (unpaired) electrons. The predicted molar refractivity (Wildman–Crippen MR) is 74.0 cm³/mol. The highest BCUT2D eigenvalue weighted by molar-refractivity contribution is 8.14. The van der Waals surface area contributed by atoms with Crippen molar-refractivity contribution in [2.75, 3.05) is 17.6 Å². The molecule has 0 fully saturated rings. The molecule has 6 heteroatoms. The zero-order valence-corrected chi connectivity index (χ0v) is 11.5. The first-order valence-electron chi connectivity index (χ1n) is 5.15. The van der Waals surface area contributed by atoms with Gasteiger partial charge in [0.2, 0.25) is 0 Å². The number of amidine groups is 1. The van der Waals surface area contributed by atoms with E-state index >= 15 is 0 Å². The van der Waals surface area contributed by atoms with Gasteiger partial charge in [0.15, 0.2) is 11.0 Å². The number of halogens is 3. The molecule has 0 amide bonds. The molecule has 0 spiro atoms. The fraction of sp³-hybridized carbons (Fsp3) is 0.364. The van der Waals surface area contributed by atoms with Crippen molar-refractivity contribution in [2.24, 2.45) is 10.9 Å². The smallest absolute Gasteiger partial charge is 0.161 e. The fourth-order valence-corrected chi connectivity index (χ4v) is 2.78. The molecule has 0 bridgehead atoms. The summed E-state index contributed by atoms with van der Waals surface area (Å²) < 4.78 is 13.2. The summed E-state index contributed by atoms with van der Waals surface area (Å²) in [6.07, 6.45) is 0. The first kappa shape index (κ1) is 13.0. The number of nitrogens with one attached hydrogen (secondary N) is 1. The second-order valence-corrected chi connectivity index (χ2v) is 5.76. The standard InChI is InChI=1S/C11H11Cl2FN2S/c1-6-4-15-11(17-5-6)16-7-2-8(12)10(14)9(13)3-7/h2-3,6H,4-5H2,1H3,(H,15,16). The zero-order valence-electron chi connectivity index (χ0n) is 9.14. The Balaban J connectivity index is 2.14. The number of hydrogen-bond acceptors (Lipinski definition) is 3. The summed E-state index contributed by atoms with van der Waals surface area (Å²) in [7, 11) is 0. The van der Waals surface area contributed by atoms with Crippen LogP contribution in [0.2, 0.25) is 10.0 Å². The first-order valence-corrected chi connectivity index (χ1v) is 6.89. The molecule has 2 nitrogen and oxygen atoms in total. The second-order valence-electron chi connectivity index (χ2n) is 3.94. The molecule has 1 heterocycles. The summed E-state index contributed by atoms with van der Waals surface area (Å²) in [6.45, 7) is 2.96. The van der Waals surface area contributed by atoms with Crippen molar-refractivity contribution in [3.8, 4) is 0 Å². The van der Waals surface area contributed by atoms with Crippen molar-refractivity contribution >= 4 is 45.8 Å². The quantitative estimate of drug-likeness (QED) is 0.781. The molecule has 1 aliphatic heterocycles. The van der Waals surface area contributed by atoms with Crippen molar-refractivity contribution in [2.45, 2.75) is 6.92 Å². The van der Waals surface area contributed by atoms with Gasteiger partial charge in [0.25, 0.3) is 0 Å². The van der Waals surface area contributed by atoms with Crippen molar-refractivity contribution in [1.29, 1.82) is 0 Å². The van der Waals surface area contributed by atoms with Crippen LogP contribution in [0.15, 0.2) is 17.1 Å². The number of anilines is 1. The van der Waals surface area contributed by atoms with Crippen LogP contribution in [0.4, 0.5) is 10.1 Å². The Morgan fingerprint density at radius 3 is 2.59 bits per heavy atom. The average Bonchev–Trinajstić information content (AvgIpc) is 2.29. The van der Waals surface area contributed by atoms with E-state index in [1.54, 1.807) is 11.8 Å². The predicted octanol–water partition coefficient (Wildman–Crippen LogP) is 4.28. The molecule has 1 aromatic rings. The summed E-state index contributed by atoms with van der Waals surface area (Å²) in [4.78, 5) is 4.38. The molecule has 0 aliphatic carbocycles. The normalized spacial score (nSPS) is 20.0. The number of rotatable bonds is 1. The Bertz CT molecular complexity index is 442. The van der Waals surface area contributed by atoms with Crippen LogP contribution >= 0.6 is 35.0 Å². The largest absolute Gasteiger partial charge is 0.335 e. The van der Waals surface area contributed by atoms with Gasteiger partial charge in [0.05, 0.1) is 10.0 Å². The lowest BCUT2D eigenvalue weighted by molar-refractivity contribution is 0.629. The second kappa shape index (κ2) is 5.46. The molecule has 2 rings (SSSR count). The van der Waals surface area contributed by atoms with Crippen molar-refractivity contribution in [3.63, 3.8) is 0 Å². The van der Waals surface area contributed by atoms with Crippen LogP contribution in [0.1, 0.15) is 6.92 Å². The molecule has 1 aromatic carbocycles. The van der Waals surface area contributed by atoms with Crippen LogP contribution in [0, 0.1) is 11.7 Å². The summed E-state index contributed by atoms with van der Waals surface area (Å²) in [6, 6.07) is 3.01. The third-order valence-electron chi connectivity index (χ3n) is 2.29. The highest BCUT2D eigenvalue weighted by Crippen LogP contribution is 2.28. The number of benzene rings is 1. The number of nitrogens with zero attached hydrogens (tertiary/aromatic N) is 1. The minimum absolute atomic E-state index is 0.00905. The molecule has 0 saturated carbocycles. The Morgan fingerprint density at radius 2 is 2.06 bits per heavy atom. The van der Waals surface area contributed by atoms with Gasteiger partial charge in [-0.05, 0) is 18.1 Å². The SMILES string of the molecule is CC1CN=C(Nc2cc(Cl)c(F)c(Cl)c2)SC1. The van der Waals surface area contributed by atoms with E-state index in [2.05, 4.69) is 17.2 Å². The van der Waals surface area contributed by atoms with Gasteiger partial charge < -0.3 is 5.32 Å². The van der Waals surface area contributed by atoms with Gasteiger partial charge in [-0.3, -0.25) is 4.99 Å². The van der Waals surface area contributed by atoms with Gasteiger partial charge in [0, 0.05) is 18.0 Å². The van der Waals surface area contributed by atoms with Crippen LogP contribution in [0.3, 0.4) is 0 Å². The van der Waals surface area contributed by atoms with Gasteiger partial charge in [-0.15, -0.1) is 0 Å². The van der Waals surface area contributed by atoms with E-state index in [0.29, 0.717) is 11.6 Å². The summed E-state index contributed by atoms with van der Waals surface area (Å²) in [5.41, 5.74) is 0.655. The van der Waals surface area contributed by atoms with E-state index in [0.717, 1.165) is 17.5 Å². The lowest BCUT2D eigenvalue weighted by Gasteiger charge is -2.18. The number of aliphatic imine (C=N–C) groups is 1. The van der Waals surface area contributed by atoms with Crippen LogP contribution < -0.4 is 5.32 Å². The van der Waals surface area contributed by atoms with E-state index in [9.17, 15) is 4.39 Å². The minimum Gasteiger partial charge on any atom is -0.335 e. The average molecular weight is 293 g/mol. The van der Waals surface area contributed by atoms with Crippen molar-refractivity contribution < 1.29 is 4.39 Å². The first-order chi connectivity index (χ1) is 8.06. The molecule has 1 N–H and O–H groups in total. The lowest BCUT2D eigenvalue weighted by atomic mass is 10.2. The zero-order chi connectivity index (χ0) is 12.4. The molecule has 0 saturated heterocycles. The Hall–Kier alpha value is -0.450. The van der Waals surface area contributed by atoms with E-state index in [1.165, 1.54) is 12.1 Å². The number of thioether (sulfide) groups is 1. The molecule has 1 atom stereocenters. The van der Waals surface area contributed by atoms with Crippen molar-refractivity contribution in [1.82, 2.24) is 0 Å². The highest BCUT2D eigenvalue weighted by Gasteiger charge is 2.13. The maximum absolute atomic E-state index is 13.2. The van der Waals surface area contributed by atoms with Gasteiger partial charge in [-0.1, -0.05) is 41.9 Å². The Labute approximate surface area is 114 Å². The Morgan fingerprint density at radius 1 is 1.41 bits per heavy atom. The van der Waals surface area contributed by atoms with E-state index < -0.39 is 5.82 Å². The fourth-order valence-electron chi connectivity index (χ4n) is 1.39. The molecule has 92 valence electrons. The van der Waals surface area contributed by atoms with E-state index in [1.807, 2.05) is 0 Å². The van der Waals surface area contributed by atoms with Crippen LogP contribution in [-0.2, 0) is 0 Å². The maximum Gasteiger partial charge on any atom is 0.161 e. The van der Waals surface area contributed by atoms with Crippen LogP contribution in [-0.4, -0.2) is 17.5 Å². The topological polar surface area (TPSA) is 24.4 Å². The maximum atomic E-state index is 13.2. The number of hydrogen-bond donors (Lipinski definition) is 1. The van der Waals surface area contributed by atoms with Crippen LogP contribution in [0.25, 0.3) is 0 Å². The monoisotopic (exact) mass is 292 g/mol. The molecule has 17 heavy (non-hydrogen) atoms. The third-order valence-corrected chi connectivity index (χ3v) is 4.08. The van der Waals surface area contributed by atoms with Gasteiger partial charge in [-0.2, -0.15) is 0 Å². The van der Waals surface area contributed by atoms with E-state index in [-0.39, 0.29) is 10.0 Å². The van der Waals surface area contributed by atoms with Crippen LogP contribution in [0.5, 0.6) is 0 Å². The van der Waals surface area contributed by atoms with Gasteiger partial charge >= 0.3 is 0 Å². The summed E-state index contributed by atoms with van der Waals surface area (Å²) in [5, 5.41) is 3.93. The van der Waals surface area contributed by atoms with Gasteiger partial charge in [0.1, 0.15) is 0 Å². The minimum atomic E-state index is -0.592. The lowest BCUT2D eigenvalue weighted by Crippen LogP contribution is -2.18. The Kier molecular flexibility index (Phi) is 4.17. The van der Waals surface area contributed by atoms with Gasteiger partial charge in [-0.25, -0.2) is 4.39 Å². The summed E-state index contributed by atoms with van der Waals surface area (Å²) >= 11 is 13.1. The van der Waals surface area contributed by atoms with E-state index in [4.69, 9.17) is 23.2 Å². The third kappa shape index (κ3) is 3.27. The molecular weight excluding hydrogens is 282 g/mol. The molecule has 0 aromatic heterocycles. The molecular formula is C11H11Cl2FN2S. The molecule has 1 unspecified atom stereocenters. The summed E-state index contributed by atoms with van der Waals surface area (Å²) in [5.74, 6) is 1.02. The molecule has 1 aliphatic rings. The van der Waals surface area contributed by atoms with Crippen molar-refractivity contribution in [3.05, 3.63) is 28.0 Å².